The van der Waals surface area contributed by atoms with Crippen LogP contribution in [0, 0.1) is 5.92 Å². The molecule has 3 nitrogen and oxygen atoms in total. The SMILES string of the molecule is NC(=O)C(Nc1ccccc1Br)C1CCCC1. The van der Waals surface area contributed by atoms with Crippen molar-refractivity contribution in [3.8, 4) is 0 Å². The number of anilines is 1. The molecule has 1 amide bonds. The maximum atomic E-state index is 11.5. The van der Waals surface area contributed by atoms with Crippen molar-refractivity contribution in [3.05, 3.63) is 28.7 Å². The van der Waals surface area contributed by atoms with Crippen molar-refractivity contribution >= 4 is 27.5 Å². The fourth-order valence-corrected chi connectivity index (χ4v) is 2.86. The Morgan fingerprint density at radius 2 is 2.00 bits per heavy atom. The van der Waals surface area contributed by atoms with Crippen molar-refractivity contribution in [2.75, 3.05) is 5.32 Å². The summed E-state index contributed by atoms with van der Waals surface area (Å²) < 4.78 is 0.962. The van der Waals surface area contributed by atoms with Crippen LogP contribution in [-0.4, -0.2) is 11.9 Å². The fraction of sp³-hybridized carbons (Fsp3) is 0.462. The average Bonchev–Trinajstić information content (AvgIpc) is 2.81. The van der Waals surface area contributed by atoms with Crippen LogP contribution in [0.1, 0.15) is 25.7 Å². The normalized spacial score (nSPS) is 17.9. The molecule has 0 heterocycles. The third-order valence-electron chi connectivity index (χ3n) is 3.36. The van der Waals surface area contributed by atoms with E-state index in [9.17, 15) is 4.79 Å². The molecule has 1 aromatic rings. The topological polar surface area (TPSA) is 55.1 Å². The molecule has 92 valence electrons. The third kappa shape index (κ3) is 3.00. The van der Waals surface area contributed by atoms with E-state index in [1.54, 1.807) is 0 Å². The highest BCUT2D eigenvalue weighted by atomic mass is 79.9. The van der Waals surface area contributed by atoms with Gasteiger partial charge in [0.25, 0.3) is 0 Å². The van der Waals surface area contributed by atoms with Crippen LogP contribution < -0.4 is 11.1 Å². The number of carbonyl (C=O) groups excluding carboxylic acids is 1. The van der Waals surface area contributed by atoms with Crippen molar-refractivity contribution in [1.82, 2.24) is 0 Å². The van der Waals surface area contributed by atoms with Crippen LogP contribution in [0.4, 0.5) is 5.69 Å². The number of nitrogens with two attached hydrogens (primary N) is 1. The van der Waals surface area contributed by atoms with Crippen molar-refractivity contribution in [1.29, 1.82) is 0 Å². The maximum absolute atomic E-state index is 11.5. The molecule has 1 unspecified atom stereocenters. The largest absolute Gasteiger partial charge is 0.373 e. The predicted molar refractivity (Wildman–Crippen MR) is 72.7 cm³/mol. The van der Waals surface area contributed by atoms with E-state index in [1.165, 1.54) is 12.8 Å². The van der Waals surface area contributed by atoms with Crippen molar-refractivity contribution in [3.63, 3.8) is 0 Å². The van der Waals surface area contributed by atoms with Gasteiger partial charge >= 0.3 is 0 Å². The molecular weight excluding hydrogens is 280 g/mol. The van der Waals surface area contributed by atoms with Crippen molar-refractivity contribution in [2.24, 2.45) is 11.7 Å². The van der Waals surface area contributed by atoms with Crippen LogP contribution in [0.3, 0.4) is 0 Å². The van der Waals surface area contributed by atoms with E-state index < -0.39 is 0 Å². The maximum Gasteiger partial charge on any atom is 0.240 e. The smallest absolute Gasteiger partial charge is 0.240 e. The molecule has 0 bridgehead atoms. The zero-order valence-corrected chi connectivity index (χ0v) is 11.2. The zero-order chi connectivity index (χ0) is 12.3. The number of para-hydroxylation sites is 1. The van der Waals surface area contributed by atoms with Gasteiger partial charge in [0.05, 0.1) is 0 Å². The minimum Gasteiger partial charge on any atom is -0.373 e. The second-order valence-corrected chi connectivity index (χ2v) is 5.40. The van der Waals surface area contributed by atoms with Crippen LogP contribution in [0.25, 0.3) is 0 Å². The van der Waals surface area contributed by atoms with Gasteiger partial charge in [-0.1, -0.05) is 25.0 Å². The van der Waals surface area contributed by atoms with Gasteiger partial charge in [0.1, 0.15) is 6.04 Å². The number of halogens is 1. The minimum atomic E-state index is -0.257. The highest BCUT2D eigenvalue weighted by Gasteiger charge is 2.29. The van der Waals surface area contributed by atoms with Gasteiger partial charge in [-0.2, -0.15) is 0 Å². The molecule has 0 saturated heterocycles. The van der Waals surface area contributed by atoms with E-state index in [0.717, 1.165) is 23.0 Å². The Balaban J connectivity index is 2.12. The van der Waals surface area contributed by atoms with Gasteiger partial charge in [-0.25, -0.2) is 0 Å². The van der Waals surface area contributed by atoms with Crippen LogP contribution in [-0.2, 0) is 4.79 Å². The van der Waals surface area contributed by atoms with E-state index in [2.05, 4.69) is 21.2 Å². The fourth-order valence-electron chi connectivity index (χ4n) is 2.46. The van der Waals surface area contributed by atoms with E-state index in [4.69, 9.17) is 5.73 Å². The lowest BCUT2D eigenvalue weighted by molar-refractivity contribution is -0.119. The molecule has 3 N–H and O–H groups in total. The molecule has 1 atom stereocenters. The number of benzene rings is 1. The average molecular weight is 297 g/mol. The number of amides is 1. The Hall–Kier alpha value is -1.03. The summed E-state index contributed by atoms with van der Waals surface area (Å²) in [6, 6.07) is 7.55. The molecule has 0 aliphatic heterocycles. The summed E-state index contributed by atoms with van der Waals surface area (Å²) in [7, 11) is 0. The lowest BCUT2D eigenvalue weighted by Crippen LogP contribution is -2.40. The number of primary amides is 1. The first-order valence-electron chi connectivity index (χ1n) is 5.99. The first kappa shape index (κ1) is 12.4. The first-order valence-corrected chi connectivity index (χ1v) is 6.78. The van der Waals surface area contributed by atoms with Crippen LogP contribution >= 0.6 is 15.9 Å². The Bertz CT molecular complexity index is 402. The third-order valence-corrected chi connectivity index (χ3v) is 4.05. The lowest BCUT2D eigenvalue weighted by Gasteiger charge is -2.23. The number of carbonyl (C=O) groups is 1. The number of hydrogen-bond donors (Lipinski definition) is 2. The first-order chi connectivity index (χ1) is 8.18. The van der Waals surface area contributed by atoms with Crippen LogP contribution in [0.2, 0.25) is 0 Å². The van der Waals surface area contributed by atoms with Crippen LogP contribution in [0.5, 0.6) is 0 Å². The van der Waals surface area contributed by atoms with Gasteiger partial charge in [0.15, 0.2) is 0 Å². The molecule has 1 aliphatic carbocycles. The van der Waals surface area contributed by atoms with Gasteiger partial charge < -0.3 is 11.1 Å². The quantitative estimate of drug-likeness (QED) is 0.898. The van der Waals surface area contributed by atoms with Crippen molar-refractivity contribution < 1.29 is 4.79 Å². The van der Waals surface area contributed by atoms with Gasteiger partial charge in [-0.05, 0) is 46.8 Å². The highest BCUT2D eigenvalue weighted by Crippen LogP contribution is 2.31. The Morgan fingerprint density at radius 1 is 1.35 bits per heavy atom. The standard InChI is InChI=1S/C13H17BrN2O/c14-10-7-3-4-8-11(10)16-12(13(15)17)9-5-1-2-6-9/h3-4,7-9,12,16H,1-2,5-6H2,(H2,15,17). The van der Waals surface area contributed by atoms with Crippen molar-refractivity contribution in [2.45, 2.75) is 31.7 Å². The molecule has 2 rings (SSSR count). The zero-order valence-electron chi connectivity index (χ0n) is 9.66. The lowest BCUT2D eigenvalue weighted by atomic mass is 9.97. The minimum absolute atomic E-state index is 0.254. The second kappa shape index (κ2) is 5.54. The predicted octanol–water partition coefficient (Wildman–Crippen LogP) is 2.91. The molecular formula is C13H17BrN2O. The van der Waals surface area contributed by atoms with Gasteiger partial charge in [0.2, 0.25) is 5.91 Å². The molecule has 0 aromatic heterocycles. The van der Waals surface area contributed by atoms with Gasteiger partial charge in [-0.15, -0.1) is 0 Å². The molecule has 1 aromatic carbocycles. The second-order valence-electron chi connectivity index (χ2n) is 4.55. The number of rotatable bonds is 4. The van der Waals surface area contributed by atoms with E-state index in [1.807, 2.05) is 24.3 Å². The number of nitrogens with one attached hydrogen (secondary N) is 1. The van der Waals surface area contributed by atoms with Crippen LogP contribution in [0.15, 0.2) is 28.7 Å². The molecule has 4 heteroatoms. The monoisotopic (exact) mass is 296 g/mol. The molecule has 0 spiro atoms. The summed E-state index contributed by atoms with van der Waals surface area (Å²) in [6.07, 6.45) is 4.58. The Labute approximate surface area is 110 Å². The molecule has 1 fully saturated rings. The summed E-state index contributed by atoms with van der Waals surface area (Å²) >= 11 is 3.47. The summed E-state index contributed by atoms with van der Waals surface area (Å²) in [5.41, 5.74) is 6.43. The summed E-state index contributed by atoms with van der Waals surface area (Å²) in [5, 5.41) is 3.27. The molecule has 1 aliphatic rings. The van der Waals surface area contributed by atoms with Gasteiger partial charge in [-0.3, -0.25) is 4.79 Å². The Morgan fingerprint density at radius 3 is 2.59 bits per heavy atom. The summed E-state index contributed by atoms with van der Waals surface area (Å²) in [6.45, 7) is 0. The summed E-state index contributed by atoms with van der Waals surface area (Å²) in [4.78, 5) is 11.5. The van der Waals surface area contributed by atoms with E-state index >= 15 is 0 Å². The number of hydrogen-bond acceptors (Lipinski definition) is 2. The molecule has 1 saturated carbocycles. The van der Waals surface area contributed by atoms with E-state index in [-0.39, 0.29) is 11.9 Å². The van der Waals surface area contributed by atoms with E-state index in [0.29, 0.717) is 5.92 Å². The molecule has 17 heavy (non-hydrogen) atoms. The highest BCUT2D eigenvalue weighted by molar-refractivity contribution is 9.10. The summed E-state index contributed by atoms with van der Waals surface area (Å²) in [5.74, 6) is 0.118. The molecule has 0 radical (unpaired) electrons. The Kier molecular flexibility index (Phi) is 4.05. The van der Waals surface area contributed by atoms with Gasteiger partial charge in [0, 0.05) is 10.2 Å².